The van der Waals surface area contributed by atoms with Gasteiger partial charge in [0.05, 0.1) is 6.54 Å². The molecular formula is C20H19ClFN3O4. The monoisotopic (exact) mass is 419 g/mol. The van der Waals surface area contributed by atoms with Crippen LogP contribution < -0.4 is 15.0 Å². The molecule has 1 unspecified atom stereocenters. The number of nitrogens with zero attached hydrogens (tertiary/aromatic N) is 2. The van der Waals surface area contributed by atoms with E-state index in [-0.39, 0.29) is 13.2 Å². The first-order valence-corrected chi connectivity index (χ1v) is 9.30. The highest BCUT2D eigenvalue weighted by Gasteiger charge is 2.43. The van der Waals surface area contributed by atoms with Crippen LogP contribution in [0.25, 0.3) is 0 Å². The van der Waals surface area contributed by atoms with E-state index in [0.29, 0.717) is 16.5 Å². The van der Waals surface area contributed by atoms with Gasteiger partial charge in [0.1, 0.15) is 30.8 Å². The fourth-order valence-corrected chi connectivity index (χ4v) is 3.02. The molecule has 0 aromatic heterocycles. The summed E-state index contributed by atoms with van der Waals surface area (Å²) in [5, 5.41) is 3.20. The molecule has 1 heterocycles. The third kappa shape index (κ3) is 4.83. The summed E-state index contributed by atoms with van der Waals surface area (Å²) in [5.74, 6) is -0.819. The van der Waals surface area contributed by atoms with Crippen LogP contribution in [0.5, 0.6) is 5.75 Å². The molecule has 0 radical (unpaired) electrons. The van der Waals surface area contributed by atoms with Crippen LogP contribution in [0.15, 0.2) is 48.5 Å². The minimum Gasteiger partial charge on any atom is -0.492 e. The smallest absolute Gasteiger partial charge is 0.332 e. The summed E-state index contributed by atoms with van der Waals surface area (Å²) in [6.45, 7) is 1.57. The Kier molecular flexibility index (Phi) is 6.33. The SMILES string of the molecule is CC1C(=O)N(CC(=O)NCCOc2ccc(Cl)cc2)C(=O)N1c1ccc(F)cc1. The second-order valence-corrected chi connectivity index (χ2v) is 6.82. The second-order valence-electron chi connectivity index (χ2n) is 6.38. The van der Waals surface area contributed by atoms with E-state index in [4.69, 9.17) is 16.3 Å². The number of imide groups is 1. The zero-order valence-corrected chi connectivity index (χ0v) is 16.4. The maximum absolute atomic E-state index is 13.1. The van der Waals surface area contributed by atoms with Gasteiger partial charge in [-0.15, -0.1) is 0 Å². The number of urea groups is 1. The summed E-state index contributed by atoms with van der Waals surface area (Å²) in [6, 6.07) is 10.6. The van der Waals surface area contributed by atoms with Gasteiger partial charge in [-0.05, 0) is 55.5 Å². The molecule has 0 saturated carbocycles. The molecule has 1 fully saturated rings. The van der Waals surface area contributed by atoms with Gasteiger partial charge in [-0.1, -0.05) is 11.6 Å². The average molecular weight is 420 g/mol. The van der Waals surface area contributed by atoms with E-state index in [0.717, 1.165) is 4.90 Å². The number of rotatable bonds is 7. The lowest BCUT2D eigenvalue weighted by molar-refractivity contribution is -0.131. The van der Waals surface area contributed by atoms with E-state index in [1.807, 2.05) is 0 Å². The largest absolute Gasteiger partial charge is 0.492 e. The number of benzene rings is 2. The highest BCUT2D eigenvalue weighted by molar-refractivity contribution is 6.30. The summed E-state index contributed by atoms with van der Waals surface area (Å²) in [5.41, 5.74) is 0.386. The minimum absolute atomic E-state index is 0.203. The van der Waals surface area contributed by atoms with E-state index >= 15 is 0 Å². The number of hydrogen-bond acceptors (Lipinski definition) is 4. The number of nitrogens with one attached hydrogen (secondary N) is 1. The van der Waals surface area contributed by atoms with Gasteiger partial charge in [-0.3, -0.25) is 19.4 Å². The van der Waals surface area contributed by atoms with Crippen LogP contribution in [0.1, 0.15) is 6.92 Å². The van der Waals surface area contributed by atoms with Crippen LogP contribution in [0, 0.1) is 5.82 Å². The van der Waals surface area contributed by atoms with Crippen LogP contribution in [0.3, 0.4) is 0 Å². The fourth-order valence-electron chi connectivity index (χ4n) is 2.90. The molecule has 7 nitrogen and oxygen atoms in total. The Balaban J connectivity index is 1.51. The molecule has 29 heavy (non-hydrogen) atoms. The third-order valence-electron chi connectivity index (χ3n) is 4.36. The quantitative estimate of drug-likeness (QED) is 0.553. The van der Waals surface area contributed by atoms with E-state index in [1.54, 1.807) is 31.2 Å². The summed E-state index contributed by atoms with van der Waals surface area (Å²) >= 11 is 5.79. The molecule has 4 amide bonds. The van der Waals surface area contributed by atoms with Gasteiger partial charge < -0.3 is 10.1 Å². The normalized spacial score (nSPS) is 16.3. The molecule has 1 aliphatic heterocycles. The first kappa shape index (κ1) is 20.6. The lowest BCUT2D eigenvalue weighted by Gasteiger charge is -2.19. The molecule has 1 aliphatic rings. The molecule has 2 aromatic rings. The number of halogens is 2. The van der Waals surface area contributed by atoms with E-state index < -0.39 is 36.2 Å². The Morgan fingerprint density at radius 2 is 1.79 bits per heavy atom. The molecular weight excluding hydrogens is 401 g/mol. The van der Waals surface area contributed by atoms with E-state index in [9.17, 15) is 18.8 Å². The summed E-state index contributed by atoms with van der Waals surface area (Å²) < 4.78 is 18.6. The summed E-state index contributed by atoms with van der Waals surface area (Å²) in [4.78, 5) is 39.3. The Bertz CT molecular complexity index is 905. The number of carbonyl (C=O) groups excluding carboxylic acids is 3. The molecule has 1 atom stereocenters. The van der Waals surface area contributed by atoms with Crippen molar-refractivity contribution in [3.8, 4) is 5.75 Å². The topological polar surface area (TPSA) is 79.0 Å². The molecule has 152 valence electrons. The van der Waals surface area contributed by atoms with Crippen molar-refractivity contribution >= 4 is 35.1 Å². The lowest BCUT2D eigenvalue weighted by Crippen LogP contribution is -2.42. The van der Waals surface area contributed by atoms with Crippen molar-refractivity contribution in [2.24, 2.45) is 0 Å². The standard InChI is InChI=1S/C20H19ClFN3O4/c1-13-19(27)24(20(28)25(13)16-6-4-15(22)5-7-16)12-18(26)23-10-11-29-17-8-2-14(21)3-9-17/h2-9,13H,10-12H2,1H3,(H,23,26). The molecule has 9 heteroatoms. The zero-order valence-electron chi connectivity index (χ0n) is 15.6. The van der Waals surface area contributed by atoms with Gasteiger partial charge in [0, 0.05) is 10.7 Å². The van der Waals surface area contributed by atoms with Crippen molar-refractivity contribution in [2.75, 3.05) is 24.6 Å². The lowest BCUT2D eigenvalue weighted by atomic mass is 10.2. The minimum atomic E-state index is -0.783. The maximum atomic E-state index is 13.1. The number of carbonyl (C=O) groups is 3. The van der Waals surface area contributed by atoms with E-state index in [2.05, 4.69) is 5.32 Å². The maximum Gasteiger partial charge on any atom is 0.332 e. The molecule has 0 aliphatic carbocycles. The van der Waals surface area contributed by atoms with Crippen molar-refractivity contribution < 1.29 is 23.5 Å². The van der Waals surface area contributed by atoms with Gasteiger partial charge in [0.15, 0.2) is 0 Å². The van der Waals surface area contributed by atoms with E-state index in [1.165, 1.54) is 29.2 Å². The van der Waals surface area contributed by atoms with Crippen LogP contribution in [0.4, 0.5) is 14.9 Å². The number of amides is 4. The highest BCUT2D eigenvalue weighted by Crippen LogP contribution is 2.25. The van der Waals surface area contributed by atoms with Crippen molar-refractivity contribution in [3.05, 3.63) is 59.4 Å². The summed E-state index contributed by atoms with van der Waals surface area (Å²) in [7, 11) is 0. The fraction of sp³-hybridized carbons (Fsp3) is 0.250. The second kappa shape index (κ2) is 8.91. The molecule has 2 aromatic carbocycles. The van der Waals surface area contributed by atoms with Crippen LogP contribution >= 0.6 is 11.6 Å². The van der Waals surface area contributed by atoms with Gasteiger partial charge in [0.25, 0.3) is 5.91 Å². The Morgan fingerprint density at radius 3 is 2.45 bits per heavy atom. The average Bonchev–Trinajstić information content (AvgIpc) is 2.91. The van der Waals surface area contributed by atoms with Crippen LogP contribution in [-0.2, 0) is 9.59 Å². The Labute approximate surface area is 172 Å². The number of anilines is 1. The van der Waals surface area contributed by atoms with Crippen molar-refractivity contribution in [1.82, 2.24) is 10.2 Å². The third-order valence-corrected chi connectivity index (χ3v) is 4.61. The number of ether oxygens (including phenoxy) is 1. The predicted molar refractivity (Wildman–Crippen MR) is 105 cm³/mol. The van der Waals surface area contributed by atoms with Crippen LogP contribution in [-0.4, -0.2) is 48.5 Å². The van der Waals surface area contributed by atoms with Gasteiger partial charge >= 0.3 is 6.03 Å². The zero-order chi connectivity index (χ0) is 21.0. The molecule has 0 spiro atoms. The van der Waals surface area contributed by atoms with Gasteiger partial charge in [0.2, 0.25) is 5.91 Å². The summed E-state index contributed by atoms with van der Waals surface area (Å²) in [6.07, 6.45) is 0. The molecule has 0 bridgehead atoms. The van der Waals surface area contributed by atoms with Crippen molar-refractivity contribution in [3.63, 3.8) is 0 Å². The van der Waals surface area contributed by atoms with Gasteiger partial charge in [-0.25, -0.2) is 9.18 Å². The van der Waals surface area contributed by atoms with Crippen molar-refractivity contribution in [2.45, 2.75) is 13.0 Å². The first-order chi connectivity index (χ1) is 13.9. The predicted octanol–water partition coefficient (Wildman–Crippen LogP) is 2.83. The molecule has 1 saturated heterocycles. The Hall–Kier alpha value is -3.13. The van der Waals surface area contributed by atoms with Crippen molar-refractivity contribution in [1.29, 1.82) is 0 Å². The van der Waals surface area contributed by atoms with Crippen LogP contribution in [0.2, 0.25) is 5.02 Å². The molecule has 3 rings (SSSR count). The Morgan fingerprint density at radius 1 is 1.14 bits per heavy atom. The molecule has 1 N–H and O–H groups in total. The highest BCUT2D eigenvalue weighted by atomic mass is 35.5. The first-order valence-electron chi connectivity index (χ1n) is 8.92. The number of hydrogen-bond donors (Lipinski definition) is 1. The van der Waals surface area contributed by atoms with Gasteiger partial charge in [-0.2, -0.15) is 0 Å².